The topological polar surface area (TPSA) is 49.3 Å². The molecule has 1 saturated carbocycles. The molecule has 3 heteroatoms. The third kappa shape index (κ3) is 2.57. The Kier molecular flexibility index (Phi) is 3.39. The molecule has 1 amide bonds. The molecule has 0 saturated heterocycles. The Morgan fingerprint density at radius 1 is 1.19 bits per heavy atom. The van der Waals surface area contributed by atoms with E-state index in [1.165, 1.54) is 0 Å². The van der Waals surface area contributed by atoms with Crippen LogP contribution in [-0.4, -0.2) is 22.2 Å². The summed E-state index contributed by atoms with van der Waals surface area (Å²) in [5, 5.41) is 13.0. The van der Waals surface area contributed by atoms with Gasteiger partial charge < -0.3 is 10.4 Å². The molecule has 0 heterocycles. The smallest absolute Gasteiger partial charge is 0.226 e. The molecule has 0 radical (unpaired) electrons. The van der Waals surface area contributed by atoms with E-state index >= 15 is 0 Å². The molecule has 1 rings (SSSR count). The maximum Gasteiger partial charge on any atom is 0.226 e. The monoisotopic (exact) mass is 227 g/mol. The molecule has 0 spiro atoms. The van der Waals surface area contributed by atoms with Crippen LogP contribution in [-0.2, 0) is 4.79 Å². The van der Waals surface area contributed by atoms with Crippen molar-refractivity contribution in [2.45, 2.75) is 71.4 Å². The van der Waals surface area contributed by atoms with Gasteiger partial charge in [-0.1, -0.05) is 19.8 Å². The Bertz CT molecular complexity index is 270. The number of amides is 1. The largest absolute Gasteiger partial charge is 0.388 e. The van der Waals surface area contributed by atoms with Gasteiger partial charge in [-0.25, -0.2) is 0 Å². The van der Waals surface area contributed by atoms with Crippen LogP contribution < -0.4 is 5.32 Å². The van der Waals surface area contributed by atoms with Crippen LogP contribution in [0.25, 0.3) is 0 Å². The van der Waals surface area contributed by atoms with Crippen molar-refractivity contribution in [1.82, 2.24) is 5.32 Å². The first kappa shape index (κ1) is 13.5. The van der Waals surface area contributed by atoms with Gasteiger partial charge >= 0.3 is 0 Å². The average Bonchev–Trinajstić information content (AvgIpc) is 2.50. The van der Waals surface area contributed by atoms with Crippen molar-refractivity contribution in [3.63, 3.8) is 0 Å². The fourth-order valence-corrected chi connectivity index (χ4v) is 1.97. The van der Waals surface area contributed by atoms with E-state index in [-0.39, 0.29) is 11.3 Å². The van der Waals surface area contributed by atoms with E-state index in [9.17, 15) is 9.90 Å². The Hall–Kier alpha value is -0.570. The second-order valence-electron chi connectivity index (χ2n) is 6.41. The maximum atomic E-state index is 12.2. The Morgan fingerprint density at radius 2 is 1.62 bits per heavy atom. The summed E-state index contributed by atoms with van der Waals surface area (Å²) in [7, 11) is 0. The zero-order valence-corrected chi connectivity index (χ0v) is 11.2. The summed E-state index contributed by atoms with van der Waals surface area (Å²) in [5.74, 6) is 0.0807. The third-order valence-electron chi connectivity index (χ3n) is 4.21. The predicted octanol–water partition coefficient (Wildman–Crippen LogP) is 2.23. The first-order valence-electron chi connectivity index (χ1n) is 6.13. The molecule has 0 aromatic rings. The molecule has 0 atom stereocenters. The third-order valence-corrected chi connectivity index (χ3v) is 4.21. The van der Waals surface area contributed by atoms with Gasteiger partial charge in [-0.2, -0.15) is 0 Å². The summed E-state index contributed by atoms with van der Waals surface area (Å²) in [6.07, 6.45) is 4.18. The van der Waals surface area contributed by atoms with Gasteiger partial charge in [-0.05, 0) is 40.5 Å². The van der Waals surface area contributed by atoms with Crippen LogP contribution in [0, 0.1) is 5.41 Å². The van der Waals surface area contributed by atoms with Crippen molar-refractivity contribution in [3.05, 3.63) is 0 Å². The van der Waals surface area contributed by atoms with Crippen LogP contribution in [0.15, 0.2) is 0 Å². The van der Waals surface area contributed by atoms with Gasteiger partial charge in [-0.3, -0.25) is 4.79 Å². The van der Waals surface area contributed by atoms with Gasteiger partial charge in [-0.15, -0.1) is 0 Å². The molecular weight excluding hydrogens is 202 g/mol. The normalized spacial score (nSPS) is 20.9. The van der Waals surface area contributed by atoms with Crippen LogP contribution in [0.2, 0.25) is 0 Å². The fourth-order valence-electron chi connectivity index (χ4n) is 1.97. The number of rotatable bonds is 3. The zero-order chi connectivity index (χ0) is 12.6. The molecule has 0 bridgehead atoms. The van der Waals surface area contributed by atoms with E-state index in [0.717, 1.165) is 25.7 Å². The van der Waals surface area contributed by atoms with E-state index in [4.69, 9.17) is 0 Å². The molecule has 0 aromatic carbocycles. The van der Waals surface area contributed by atoms with E-state index in [1.54, 1.807) is 13.8 Å². The lowest BCUT2D eigenvalue weighted by molar-refractivity contribution is -0.135. The molecule has 1 fully saturated rings. The SMILES string of the molecule is CC1(C(=O)NC(C)(C)C(C)(C)O)CCCC1. The van der Waals surface area contributed by atoms with Crippen LogP contribution in [0.3, 0.4) is 0 Å². The summed E-state index contributed by atoms with van der Waals surface area (Å²) in [5.41, 5.74) is -1.75. The number of nitrogens with one attached hydrogen (secondary N) is 1. The highest BCUT2D eigenvalue weighted by Crippen LogP contribution is 2.38. The van der Waals surface area contributed by atoms with Crippen LogP contribution in [0.4, 0.5) is 0 Å². The van der Waals surface area contributed by atoms with Gasteiger partial charge in [0.15, 0.2) is 0 Å². The highest BCUT2D eigenvalue weighted by Gasteiger charge is 2.42. The summed E-state index contributed by atoms with van der Waals surface area (Å²) in [6, 6.07) is 0. The lowest BCUT2D eigenvalue weighted by Crippen LogP contribution is -2.60. The minimum atomic E-state index is -0.919. The number of hydrogen-bond acceptors (Lipinski definition) is 2. The minimum Gasteiger partial charge on any atom is -0.388 e. The first-order valence-corrected chi connectivity index (χ1v) is 6.13. The van der Waals surface area contributed by atoms with Crippen molar-refractivity contribution in [1.29, 1.82) is 0 Å². The van der Waals surface area contributed by atoms with Gasteiger partial charge in [0.1, 0.15) is 0 Å². The van der Waals surface area contributed by atoms with E-state index in [1.807, 2.05) is 20.8 Å². The molecule has 0 aromatic heterocycles. The van der Waals surface area contributed by atoms with Gasteiger partial charge in [0.2, 0.25) is 5.91 Å². The Morgan fingerprint density at radius 3 is 2.00 bits per heavy atom. The maximum absolute atomic E-state index is 12.2. The second-order valence-corrected chi connectivity index (χ2v) is 6.41. The molecule has 0 aliphatic heterocycles. The molecule has 0 unspecified atom stereocenters. The summed E-state index contributed by atoms with van der Waals surface area (Å²) >= 11 is 0. The van der Waals surface area contributed by atoms with E-state index in [2.05, 4.69) is 5.32 Å². The van der Waals surface area contributed by atoms with Gasteiger partial charge in [0.25, 0.3) is 0 Å². The molecule has 2 N–H and O–H groups in total. The molecule has 1 aliphatic carbocycles. The van der Waals surface area contributed by atoms with Crippen molar-refractivity contribution in [2.75, 3.05) is 0 Å². The van der Waals surface area contributed by atoms with Crippen LogP contribution in [0.1, 0.15) is 60.3 Å². The number of carbonyl (C=O) groups excluding carboxylic acids is 1. The second kappa shape index (κ2) is 4.02. The Balaban J connectivity index is 2.71. The molecule has 1 aliphatic rings. The lowest BCUT2D eigenvalue weighted by atomic mass is 9.82. The first-order chi connectivity index (χ1) is 7.08. The standard InChI is InChI=1S/C13H25NO2/c1-11(2,12(3,4)16)14-10(15)13(5)8-6-7-9-13/h16H,6-9H2,1-5H3,(H,14,15). The van der Waals surface area contributed by atoms with Gasteiger partial charge in [0, 0.05) is 5.41 Å². The highest BCUT2D eigenvalue weighted by atomic mass is 16.3. The fraction of sp³-hybridized carbons (Fsp3) is 0.923. The van der Waals surface area contributed by atoms with Crippen molar-refractivity contribution in [2.24, 2.45) is 5.41 Å². The predicted molar refractivity (Wildman–Crippen MR) is 65.1 cm³/mol. The highest BCUT2D eigenvalue weighted by molar-refractivity contribution is 5.83. The number of carbonyl (C=O) groups is 1. The van der Waals surface area contributed by atoms with Gasteiger partial charge in [0.05, 0.1) is 11.1 Å². The summed E-state index contributed by atoms with van der Waals surface area (Å²) < 4.78 is 0. The number of hydrogen-bond donors (Lipinski definition) is 2. The van der Waals surface area contributed by atoms with Crippen molar-refractivity contribution < 1.29 is 9.90 Å². The minimum absolute atomic E-state index is 0.0807. The molecular formula is C13H25NO2. The average molecular weight is 227 g/mol. The van der Waals surface area contributed by atoms with Crippen molar-refractivity contribution >= 4 is 5.91 Å². The lowest BCUT2D eigenvalue weighted by Gasteiger charge is -2.40. The molecule has 94 valence electrons. The van der Waals surface area contributed by atoms with E-state index in [0.29, 0.717) is 0 Å². The quantitative estimate of drug-likeness (QED) is 0.777. The molecule has 3 nitrogen and oxygen atoms in total. The van der Waals surface area contributed by atoms with Crippen LogP contribution in [0.5, 0.6) is 0 Å². The van der Waals surface area contributed by atoms with Crippen molar-refractivity contribution in [3.8, 4) is 0 Å². The number of aliphatic hydroxyl groups is 1. The zero-order valence-electron chi connectivity index (χ0n) is 11.2. The Labute approximate surface area is 98.6 Å². The summed E-state index contributed by atoms with van der Waals surface area (Å²) in [6.45, 7) is 9.21. The van der Waals surface area contributed by atoms with E-state index < -0.39 is 11.1 Å². The molecule has 16 heavy (non-hydrogen) atoms. The summed E-state index contributed by atoms with van der Waals surface area (Å²) in [4.78, 5) is 12.2. The van der Waals surface area contributed by atoms with Crippen LogP contribution >= 0.6 is 0 Å².